The zero-order chi connectivity index (χ0) is 22.3. The molecule has 2 rings (SSSR count). The number of esters is 1. The zero-order valence-corrected chi connectivity index (χ0v) is 16.6. The Morgan fingerprint density at radius 2 is 1.80 bits per heavy atom. The molecule has 6 nitrogen and oxygen atoms in total. The summed E-state index contributed by atoms with van der Waals surface area (Å²) in [5.74, 6) is -0.506. The van der Waals surface area contributed by atoms with Crippen LogP contribution in [-0.4, -0.2) is 30.8 Å². The lowest BCUT2D eigenvalue weighted by Crippen LogP contribution is -2.30. The van der Waals surface area contributed by atoms with Crippen LogP contribution in [0.1, 0.15) is 36.7 Å². The highest BCUT2D eigenvalue weighted by Gasteiger charge is 2.30. The highest BCUT2D eigenvalue weighted by Crippen LogP contribution is 2.32. The number of amides is 1. The zero-order valence-electron chi connectivity index (χ0n) is 16.6. The van der Waals surface area contributed by atoms with Crippen LogP contribution in [-0.2, 0) is 31.7 Å². The number of nitrogens with one attached hydrogen (secondary N) is 1. The van der Waals surface area contributed by atoms with E-state index in [4.69, 9.17) is 4.42 Å². The summed E-state index contributed by atoms with van der Waals surface area (Å²) >= 11 is 0. The molecule has 0 aliphatic carbocycles. The molecule has 1 N–H and O–H groups in total. The summed E-state index contributed by atoms with van der Waals surface area (Å²) in [4.78, 5) is 34.8. The molecule has 0 atom stereocenters. The molecule has 1 aromatic heterocycles. The first-order valence-electron chi connectivity index (χ1n) is 9.31. The summed E-state index contributed by atoms with van der Waals surface area (Å²) in [6.07, 6.45) is -4.40. The van der Waals surface area contributed by atoms with Crippen LogP contribution in [0.5, 0.6) is 0 Å². The van der Waals surface area contributed by atoms with Gasteiger partial charge in [-0.2, -0.15) is 13.2 Å². The number of halogens is 3. The first-order chi connectivity index (χ1) is 14.1. The van der Waals surface area contributed by atoms with Gasteiger partial charge in [-0.1, -0.05) is 12.1 Å². The summed E-state index contributed by atoms with van der Waals surface area (Å²) in [7, 11) is 0. The molecule has 1 aromatic carbocycles. The molecule has 0 saturated carbocycles. The Morgan fingerprint density at radius 3 is 2.40 bits per heavy atom. The predicted molar refractivity (Wildman–Crippen MR) is 101 cm³/mol. The molecule has 0 bridgehead atoms. The minimum absolute atomic E-state index is 0.0828. The van der Waals surface area contributed by atoms with Gasteiger partial charge in [0.15, 0.2) is 5.78 Å². The van der Waals surface area contributed by atoms with E-state index in [9.17, 15) is 27.6 Å². The molecule has 0 spiro atoms. The second kappa shape index (κ2) is 10.1. The minimum Gasteiger partial charge on any atom is -0.466 e. The first-order valence-corrected chi connectivity index (χ1v) is 9.31. The molecule has 0 radical (unpaired) electrons. The Hall–Kier alpha value is -3.10. The van der Waals surface area contributed by atoms with Gasteiger partial charge in [-0.05, 0) is 44.0 Å². The van der Waals surface area contributed by atoms with Gasteiger partial charge >= 0.3 is 12.1 Å². The second-order valence-corrected chi connectivity index (χ2v) is 6.56. The number of ether oxygens (including phenoxy) is 1. The average molecular weight is 425 g/mol. The fraction of sp³-hybridized carbons (Fsp3) is 0.381. The smallest absolute Gasteiger partial charge is 0.416 e. The van der Waals surface area contributed by atoms with Crippen molar-refractivity contribution < 1.29 is 36.7 Å². The molecular formula is C21H22F3NO5. The monoisotopic (exact) mass is 425 g/mol. The Bertz CT molecular complexity index is 900. The van der Waals surface area contributed by atoms with Crippen molar-refractivity contribution in [3.8, 4) is 11.3 Å². The lowest BCUT2D eigenvalue weighted by molar-refractivity contribution is -0.145. The highest BCUT2D eigenvalue weighted by atomic mass is 19.4. The number of benzene rings is 1. The normalized spacial score (nSPS) is 11.2. The largest absolute Gasteiger partial charge is 0.466 e. The van der Waals surface area contributed by atoms with E-state index < -0.39 is 29.9 Å². The first kappa shape index (κ1) is 23.2. The van der Waals surface area contributed by atoms with Crippen molar-refractivity contribution in [2.24, 2.45) is 0 Å². The number of Topliss-reactive ketones (excluding diaryl/α,β-unsaturated/α-hetero) is 1. The summed E-state index contributed by atoms with van der Waals surface area (Å²) in [6.45, 7) is 3.24. The average Bonchev–Trinajstić information content (AvgIpc) is 3.05. The number of carbonyl (C=O) groups excluding carboxylic acids is 3. The van der Waals surface area contributed by atoms with Crippen LogP contribution in [0.2, 0.25) is 0 Å². The minimum atomic E-state index is -4.41. The van der Waals surface area contributed by atoms with Gasteiger partial charge in [0, 0.05) is 12.0 Å². The summed E-state index contributed by atoms with van der Waals surface area (Å²) in [6, 6.07) is 6.29. The molecule has 162 valence electrons. The van der Waals surface area contributed by atoms with E-state index in [0.717, 1.165) is 17.7 Å². The lowest BCUT2D eigenvalue weighted by Gasteiger charge is -2.06. The van der Waals surface area contributed by atoms with Crippen LogP contribution in [0.4, 0.5) is 13.2 Å². The molecule has 0 aliphatic heterocycles. The van der Waals surface area contributed by atoms with E-state index in [-0.39, 0.29) is 25.5 Å². The standard InChI is InChI=1S/C21H22F3NO5/c1-3-29-20(28)11-17(26)12-25-19(27)9-6-15-10-18(30-13(15)2)14-4-7-16(8-5-14)21(22,23)24/h4-5,7-8,10H,3,6,9,11-12H2,1-2H3,(H,25,27). The van der Waals surface area contributed by atoms with Crippen LogP contribution >= 0.6 is 0 Å². The summed E-state index contributed by atoms with van der Waals surface area (Å²) in [5.41, 5.74) is 0.480. The number of ketones is 1. The quantitative estimate of drug-likeness (QED) is 0.487. The van der Waals surface area contributed by atoms with Gasteiger partial charge in [0.1, 0.15) is 17.9 Å². The summed E-state index contributed by atoms with van der Waals surface area (Å²) < 4.78 is 48.3. The third-order valence-electron chi connectivity index (χ3n) is 4.27. The van der Waals surface area contributed by atoms with Crippen molar-refractivity contribution in [3.05, 3.63) is 47.2 Å². The molecule has 30 heavy (non-hydrogen) atoms. The highest BCUT2D eigenvalue weighted by molar-refractivity contribution is 5.97. The summed E-state index contributed by atoms with van der Waals surface area (Å²) in [5, 5.41) is 2.45. The van der Waals surface area contributed by atoms with Gasteiger partial charge in [0.05, 0.1) is 18.7 Å². The fourth-order valence-corrected chi connectivity index (χ4v) is 2.70. The maximum atomic E-state index is 12.7. The van der Waals surface area contributed by atoms with Gasteiger partial charge in [-0.25, -0.2) is 0 Å². The van der Waals surface area contributed by atoms with Gasteiger partial charge in [-0.3, -0.25) is 14.4 Å². The van der Waals surface area contributed by atoms with Crippen LogP contribution in [0.25, 0.3) is 11.3 Å². The molecule has 0 fully saturated rings. The Kier molecular flexibility index (Phi) is 7.79. The van der Waals surface area contributed by atoms with E-state index >= 15 is 0 Å². The van der Waals surface area contributed by atoms with E-state index in [1.54, 1.807) is 19.9 Å². The van der Waals surface area contributed by atoms with Gasteiger partial charge in [0.2, 0.25) is 5.91 Å². The molecule has 9 heteroatoms. The van der Waals surface area contributed by atoms with Crippen molar-refractivity contribution in [2.75, 3.05) is 13.2 Å². The third kappa shape index (κ3) is 6.75. The van der Waals surface area contributed by atoms with Crippen LogP contribution < -0.4 is 5.32 Å². The Morgan fingerprint density at radius 1 is 1.13 bits per heavy atom. The fourth-order valence-electron chi connectivity index (χ4n) is 2.70. The van der Waals surface area contributed by atoms with Crippen molar-refractivity contribution in [2.45, 2.75) is 39.3 Å². The van der Waals surface area contributed by atoms with Crippen molar-refractivity contribution >= 4 is 17.7 Å². The van der Waals surface area contributed by atoms with Crippen molar-refractivity contribution in [1.29, 1.82) is 0 Å². The number of alkyl halides is 3. The van der Waals surface area contributed by atoms with Gasteiger partial charge in [-0.15, -0.1) is 0 Å². The van der Waals surface area contributed by atoms with Gasteiger partial charge in [0.25, 0.3) is 0 Å². The maximum Gasteiger partial charge on any atom is 0.416 e. The van der Waals surface area contributed by atoms with Crippen molar-refractivity contribution in [1.82, 2.24) is 5.32 Å². The molecule has 0 aliphatic rings. The molecule has 2 aromatic rings. The number of hydrogen-bond donors (Lipinski definition) is 1. The number of hydrogen-bond acceptors (Lipinski definition) is 5. The number of carbonyl (C=O) groups is 3. The molecular weight excluding hydrogens is 403 g/mol. The molecule has 1 heterocycles. The lowest BCUT2D eigenvalue weighted by atomic mass is 10.1. The number of aryl methyl sites for hydroxylation is 2. The van der Waals surface area contributed by atoms with E-state index in [2.05, 4.69) is 10.1 Å². The van der Waals surface area contributed by atoms with E-state index in [1.807, 2.05) is 0 Å². The topological polar surface area (TPSA) is 85.6 Å². The van der Waals surface area contributed by atoms with Crippen LogP contribution in [0, 0.1) is 6.92 Å². The van der Waals surface area contributed by atoms with E-state index in [1.165, 1.54) is 12.1 Å². The number of furan rings is 1. The maximum absolute atomic E-state index is 12.7. The van der Waals surface area contributed by atoms with E-state index in [0.29, 0.717) is 23.5 Å². The SMILES string of the molecule is CCOC(=O)CC(=O)CNC(=O)CCc1cc(-c2ccc(C(F)(F)F)cc2)oc1C. The predicted octanol–water partition coefficient (Wildman–Crippen LogP) is 3.84. The molecule has 1 amide bonds. The Labute approximate surface area is 171 Å². The number of rotatable bonds is 9. The second-order valence-electron chi connectivity index (χ2n) is 6.56. The van der Waals surface area contributed by atoms with Gasteiger partial charge < -0.3 is 14.5 Å². The molecule has 0 saturated heterocycles. The van der Waals surface area contributed by atoms with Crippen LogP contribution in [0.3, 0.4) is 0 Å². The Balaban J connectivity index is 1.88. The molecule has 0 unspecified atom stereocenters. The van der Waals surface area contributed by atoms with Crippen molar-refractivity contribution in [3.63, 3.8) is 0 Å². The third-order valence-corrected chi connectivity index (χ3v) is 4.27. The van der Waals surface area contributed by atoms with Crippen LogP contribution in [0.15, 0.2) is 34.7 Å².